The van der Waals surface area contributed by atoms with Gasteiger partial charge >= 0.3 is 5.97 Å². The molecule has 6 nitrogen and oxygen atoms in total. The van der Waals surface area contributed by atoms with Gasteiger partial charge in [-0.15, -0.1) is 0 Å². The number of carbonyl (C=O) groups is 1. The SMILES string of the molecule is CCOC(=O)C(C)N1CCN(S(=O)(=O)c2ccc(C(C)C)cc2)CC1. The van der Waals surface area contributed by atoms with Gasteiger partial charge in [0.05, 0.1) is 11.5 Å². The summed E-state index contributed by atoms with van der Waals surface area (Å²) in [6.45, 7) is 9.86. The number of piperazine rings is 1. The van der Waals surface area contributed by atoms with Gasteiger partial charge in [0.2, 0.25) is 10.0 Å². The van der Waals surface area contributed by atoms with Crippen LogP contribution in [0, 0.1) is 0 Å². The van der Waals surface area contributed by atoms with Gasteiger partial charge in [0.25, 0.3) is 0 Å². The third-order valence-electron chi connectivity index (χ3n) is 4.63. The van der Waals surface area contributed by atoms with E-state index in [1.807, 2.05) is 17.0 Å². The molecule has 1 unspecified atom stereocenters. The first-order chi connectivity index (χ1) is 11.8. The maximum absolute atomic E-state index is 12.8. The van der Waals surface area contributed by atoms with Crippen LogP contribution in [0.25, 0.3) is 0 Å². The lowest BCUT2D eigenvalue weighted by atomic mass is 10.0. The van der Waals surface area contributed by atoms with Crippen molar-refractivity contribution in [2.45, 2.75) is 44.6 Å². The van der Waals surface area contributed by atoms with E-state index in [4.69, 9.17) is 4.74 Å². The third kappa shape index (κ3) is 4.59. The molecule has 0 radical (unpaired) electrons. The molecule has 1 heterocycles. The molecule has 0 saturated carbocycles. The molecular weight excluding hydrogens is 340 g/mol. The Labute approximate surface area is 150 Å². The standard InChI is InChI=1S/C18H28N2O4S/c1-5-24-18(21)15(4)19-10-12-20(13-11-19)25(22,23)17-8-6-16(7-9-17)14(2)3/h6-9,14-15H,5,10-13H2,1-4H3. The van der Waals surface area contributed by atoms with Crippen molar-refractivity contribution >= 4 is 16.0 Å². The predicted octanol–water partition coefficient (Wildman–Crippen LogP) is 2.07. The molecule has 2 rings (SSSR count). The molecule has 7 heteroatoms. The molecule has 1 aliphatic rings. The summed E-state index contributed by atoms with van der Waals surface area (Å²) in [4.78, 5) is 14.1. The summed E-state index contributed by atoms with van der Waals surface area (Å²) in [6, 6.07) is 6.75. The third-order valence-corrected chi connectivity index (χ3v) is 6.55. The average molecular weight is 368 g/mol. The lowest BCUT2D eigenvalue weighted by Crippen LogP contribution is -2.53. The summed E-state index contributed by atoms with van der Waals surface area (Å²) >= 11 is 0. The largest absolute Gasteiger partial charge is 0.465 e. The minimum absolute atomic E-state index is 0.261. The molecule has 140 valence electrons. The van der Waals surface area contributed by atoms with Crippen LogP contribution in [0.3, 0.4) is 0 Å². The van der Waals surface area contributed by atoms with Crippen LogP contribution in [0.1, 0.15) is 39.2 Å². The lowest BCUT2D eigenvalue weighted by Gasteiger charge is -2.36. The van der Waals surface area contributed by atoms with Crippen LogP contribution in [0.5, 0.6) is 0 Å². The van der Waals surface area contributed by atoms with Crippen LogP contribution in [0.2, 0.25) is 0 Å². The van der Waals surface area contributed by atoms with E-state index in [0.717, 1.165) is 5.56 Å². The molecule has 1 fully saturated rings. The molecule has 0 spiro atoms. The summed E-state index contributed by atoms with van der Waals surface area (Å²) in [5, 5.41) is 0. The first kappa shape index (κ1) is 19.9. The highest BCUT2D eigenvalue weighted by molar-refractivity contribution is 7.89. The van der Waals surface area contributed by atoms with E-state index >= 15 is 0 Å². The number of carbonyl (C=O) groups excluding carboxylic acids is 1. The van der Waals surface area contributed by atoms with Crippen molar-refractivity contribution in [1.82, 2.24) is 9.21 Å². The maximum atomic E-state index is 12.8. The van der Waals surface area contributed by atoms with Crippen LogP contribution in [0.4, 0.5) is 0 Å². The van der Waals surface area contributed by atoms with Crippen molar-refractivity contribution in [3.05, 3.63) is 29.8 Å². The Bertz CT molecular complexity index is 678. The van der Waals surface area contributed by atoms with E-state index in [0.29, 0.717) is 43.6 Å². The Morgan fingerprint density at radius 1 is 1.08 bits per heavy atom. The molecule has 1 aliphatic heterocycles. The quantitative estimate of drug-likeness (QED) is 0.719. The van der Waals surface area contributed by atoms with Crippen LogP contribution in [-0.2, 0) is 19.6 Å². The fourth-order valence-electron chi connectivity index (χ4n) is 2.92. The van der Waals surface area contributed by atoms with Gasteiger partial charge in [-0.3, -0.25) is 9.69 Å². The fraction of sp³-hybridized carbons (Fsp3) is 0.611. The van der Waals surface area contributed by atoms with Crippen molar-refractivity contribution < 1.29 is 17.9 Å². The van der Waals surface area contributed by atoms with Gasteiger partial charge in [0, 0.05) is 26.2 Å². The van der Waals surface area contributed by atoms with Crippen molar-refractivity contribution in [3.63, 3.8) is 0 Å². The number of nitrogens with zero attached hydrogens (tertiary/aromatic N) is 2. The van der Waals surface area contributed by atoms with E-state index < -0.39 is 10.0 Å². The minimum atomic E-state index is -3.49. The van der Waals surface area contributed by atoms with Crippen LogP contribution < -0.4 is 0 Å². The summed E-state index contributed by atoms with van der Waals surface area (Å²) in [5.74, 6) is 0.104. The average Bonchev–Trinajstić information content (AvgIpc) is 2.61. The van der Waals surface area contributed by atoms with Gasteiger partial charge in [0.1, 0.15) is 6.04 Å². The summed E-state index contributed by atoms with van der Waals surface area (Å²) in [5.41, 5.74) is 1.12. The first-order valence-corrected chi connectivity index (χ1v) is 10.2. The molecule has 0 amide bonds. The molecule has 1 atom stereocenters. The molecule has 0 N–H and O–H groups in total. The van der Waals surface area contributed by atoms with Crippen molar-refractivity contribution in [1.29, 1.82) is 0 Å². The highest BCUT2D eigenvalue weighted by Crippen LogP contribution is 2.21. The van der Waals surface area contributed by atoms with Gasteiger partial charge in [-0.25, -0.2) is 8.42 Å². The van der Waals surface area contributed by atoms with Crippen molar-refractivity contribution in [2.75, 3.05) is 32.8 Å². The Balaban J connectivity index is 2.02. The Morgan fingerprint density at radius 2 is 1.64 bits per heavy atom. The number of hydrogen-bond acceptors (Lipinski definition) is 5. The Morgan fingerprint density at radius 3 is 2.12 bits per heavy atom. The highest BCUT2D eigenvalue weighted by atomic mass is 32.2. The second kappa shape index (κ2) is 8.29. The Hall–Kier alpha value is -1.44. The summed E-state index contributed by atoms with van der Waals surface area (Å²) in [7, 11) is -3.49. The number of rotatable bonds is 6. The van der Waals surface area contributed by atoms with Crippen LogP contribution in [-0.4, -0.2) is 62.4 Å². The number of ether oxygens (including phenoxy) is 1. The van der Waals surface area contributed by atoms with Gasteiger partial charge < -0.3 is 4.74 Å². The van der Waals surface area contributed by atoms with Gasteiger partial charge in [-0.05, 0) is 37.5 Å². The van der Waals surface area contributed by atoms with E-state index in [-0.39, 0.29) is 12.0 Å². The van der Waals surface area contributed by atoms with Crippen molar-refractivity contribution in [3.8, 4) is 0 Å². The topological polar surface area (TPSA) is 66.9 Å². The summed E-state index contributed by atoms with van der Waals surface area (Å²) in [6.07, 6.45) is 0. The van der Waals surface area contributed by atoms with E-state index in [2.05, 4.69) is 13.8 Å². The first-order valence-electron chi connectivity index (χ1n) is 8.78. The summed E-state index contributed by atoms with van der Waals surface area (Å²) < 4.78 is 32.1. The van der Waals surface area contributed by atoms with E-state index in [1.54, 1.807) is 26.0 Å². The van der Waals surface area contributed by atoms with Gasteiger partial charge in [-0.1, -0.05) is 26.0 Å². The Kier molecular flexibility index (Phi) is 6.59. The van der Waals surface area contributed by atoms with Gasteiger partial charge in [-0.2, -0.15) is 4.31 Å². The molecular formula is C18H28N2O4S. The molecule has 25 heavy (non-hydrogen) atoms. The zero-order valence-electron chi connectivity index (χ0n) is 15.4. The zero-order valence-corrected chi connectivity index (χ0v) is 16.3. The zero-order chi connectivity index (χ0) is 18.6. The molecule has 0 bridgehead atoms. The second-order valence-corrected chi connectivity index (χ2v) is 8.53. The molecule has 0 aromatic heterocycles. The number of sulfonamides is 1. The fourth-order valence-corrected chi connectivity index (χ4v) is 4.34. The monoisotopic (exact) mass is 368 g/mol. The second-order valence-electron chi connectivity index (χ2n) is 6.59. The molecule has 1 saturated heterocycles. The van der Waals surface area contributed by atoms with Crippen molar-refractivity contribution in [2.24, 2.45) is 0 Å². The number of esters is 1. The van der Waals surface area contributed by atoms with E-state index in [9.17, 15) is 13.2 Å². The lowest BCUT2D eigenvalue weighted by molar-refractivity contribution is -0.149. The van der Waals surface area contributed by atoms with Crippen LogP contribution >= 0.6 is 0 Å². The predicted molar refractivity (Wildman–Crippen MR) is 97.0 cm³/mol. The number of hydrogen-bond donors (Lipinski definition) is 0. The van der Waals surface area contributed by atoms with E-state index in [1.165, 1.54) is 4.31 Å². The number of benzene rings is 1. The maximum Gasteiger partial charge on any atom is 0.323 e. The molecule has 1 aromatic rings. The van der Waals surface area contributed by atoms with Gasteiger partial charge in [0.15, 0.2) is 0 Å². The highest BCUT2D eigenvalue weighted by Gasteiger charge is 2.32. The molecule has 1 aromatic carbocycles. The van der Waals surface area contributed by atoms with Crippen LogP contribution in [0.15, 0.2) is 29.2 Å². The minimum Gasteiger partial charge on any atom is -0.465 e. The molecule has 0 aliphatic carbocycles. The normalized spacial score (nSPS) is 18.3. The smallest absolute Gasteiger partial charge is 0.323 e.